The molecule has 20 heavy (non-hydrogen) atoms. The van der Waals surface area contributed by atoms with Gasteiger partial charge in [-0.15, -0.1) is 0 Å². The Morgan fingerprint density at radius 3 is 2.30 bits per heavy atom. The predicted molar refractivity (Wildman–Crippen MR) is 77.7 cm³/mol. The molecule has 0 saturated heterocycles. The molecule has 1 N–H and O–H groups in total. The van der Waals surface area contributed by atoms with Crippen LogP contribution in [0.15, 0.2) is 42.5 Å². The van der Waals surface area contributed by atoms with Gasteiger partial charge < -0.3 is 9.84 Å². The molecule has 0 saturated carbocycles. The standard InChI is InChI=1S/C17H19FO2/c1-12-3-5-13(6-4-12)15(9-10-19)14-7-8-17(20-2)16(18)11-14/h3-8,11,15,19H,9-10H2,1-2H3. The van der Waals surface area contributed by atoms with Crippen LogP contribution in [0.4, 0.5) is 4.39 Å². The first kappa shape index (κ1) is 14.5. The summed E-state index contributed by atoms with van der Waals surface area (Å²) in [5.41, 5.74) is 3.10. The van der Waals surface area contributed by atoms with Crippen molar-refractivity contribution in [3.8, 4) is 5.75 Å². The fourth-order valence-electron chi connectivity index (χ4n) is 2.35. The van der Waals surface area contributed by atoms with Gasteiger partial charge in [-0.05, 0) is 36.6 Å². The summed E-state index contributed by atoms with van der Waals surface area (Å²) in [4.78, 5) is 0. The molecule has 0 aliphatic carbocycles. The first-order valence-corrected chi connectivity index (χ1v) is 6.66. The highest BCUT2D eigenvalue weighted by molar-refractivity contribution is 5.37. The van der Waals surface area contributed by atoms with Crippen LogP contribution in [0, 0.1) is 12.7 Å². The highest BCUT2D eigenvalue weighted by Crippen LogP contribution is 2.30. The Kier molecular flexibility index (Phi) is 4.74. The van der Waals surface area contributed by atoms with Crippen molar-refractivity contribution < 1.29 is 14.2 Å². The first-order valence-electron chi connectivity index (χ1n) is 6.66. The Hall–Kier alpha value is -1.87. The van der Waals surface area contributed by atoms with Crippen molar-refractivity contribution in [3.05, 3.63) is 65.0 Å². The lowest BCUT2D eigenvalue weighted by molar-refractivity contribution is 0.281. The minimum Gasteiger partial charge on any atom is -0.494 e. The zero-order chi connectivity index (χ0) is 14.5. The Morgan fingerprint density at radius 2 is 1.75 bits per heavy atom. The van der Waals surface area contributed by atoms with Gasteiger partial charge in [0.25, 0.3) is 0 Å². The maximum absolute atomic E-state index is 13.8. The molecule has 2 aromatic carbocycles. The van der Waals surface area contributed by atoms with Gasteiger partial charge in [-0.25, -0.2) is 4.39 Å². The molecule has 0 radical (unpaired) electrons. The minimum atomic E-state index is -0.375. The van der Waals surface area contributed by atoms with Crippen molar-refractivity contribution in [1.82, 2.24) is 0 Å². The molecule has 106 valence electrons. The predicted octanol–water partition coefficient (Wildman–Crippen LogP) is 3.66. The van der Waals surface area contributed by atoms with Gasteiger partial charge >= 0.3 is 0 Å². The zero-order valence-electron chi connectivity index (χ0n) is 11.8. The normalized spacial score (nSPS) is 12.2. The summed E-state index contributed by atoms with van der Waals surface area (Å²) in [6.45, 7) is 2.09. The molecule has 0 fully saturated rings. The van der Waals surface area contributed by atoms with Gasteiger partial charge in [0, 0.05) is 12.5 Å². The molecule has 2 nitrogen and oxygen atoms in total. The first-order chi connectivity index (χ1) is 9.65. The number of hydrogen-bond acceptors (Lipinski definition) is 2. The molecule has 0 spiro atoms. The number of benzene rings is 2. The highest BCUT2D eigenvalue weighted by Gasteiger charge is 2.15. The smallest absolute Gasteiger partial charge is 0.165 e. The van der Waals surface area contributed by atoms with E-state index in [0.29, 0.717) is 6.42 Å². The minimum absolute atomic E-state index is 0.0130. The van der Waals surface area contributed by atoms with Crippen molar-refractivity contribution in [2.24, 2.45) is 0 Å². The van der Waals surface area contributed by atoms with Gasteiger partial charge in [0.2, 0.25) is 0 Å². The highest BCUT2D eigenvalue weighted by atomic mass is 19.1. The Labute approximate surface area is 118 Å². The van der Waals surface area contributed by atoms with Crippen molar-refractivity contribution in [3.63, 3.8) is 0 Å². The van der Waals surface area contributed by atoms with Crippen LogP contribution in [0.2, 0.25) is 0 Å². The second-order valence-corrected chi connectivity index (χ2v) is 4.87. The molecule has 0 aliphatic heterocycles. The van der Waals surface area contributed by atoms with Crippen molar-refractivity contribution in [2.45, 2.75) is 19.3 Å². The lowest BCUT2D eigenvalue weighted by Crippen LogP contribution is -2.04. The molecule has 0 aliphatic rings. The zero-order valence-corrected chi connectivity index (χ0v) is 11.8. The quantitative estimate of drug-likeness (QED) is 0.901. The van der Waals surface area contributed by atoms with Gasteiger partial charge in [-0.1, -0.05) is 35.9 Å². The lowest BCUT2D eigenvalue weighted by Gasteiger charge is -2.18. The van der Waals surface area contributed by atoms with E-state index in [1.165, 1.54) is 18.7 Å². The summed E-state index contributed by atoms with van der Waals surface area (Å²) >= 11 is 0. The summed E-state index contributed by atoms with van der Waals surface area (Å²) < 4.78 is 18.8. The molecular weight excluding hydrogens is 255 g/mol. The lowest BCUT2D eigenvalue weighted by atomic mass is 9.88. The largest absolute Gasteiger partial charge is 0.494 e. The van der Waals surface area contributed by atoms with Gasteiger partial charge in [0.15, 0.2) is 11.6 Å². The van der Waals surface area contributed by atoms with Gasteiger partial charge in [0.05, 0.1) is 7.11 Å². The number of aryl methyl sites for hydroxylation is 1. The molecule has 1 atom stereocenters. The topological polar surface area (TPSA) is 29.5 Å². The van der Waals surface area contributed by atoms with Crippen LogP contribution in [0.1, 0.15) is 29.0 Å². The van der Waals surface area contributed by atoms with Crippen LogP contribution in [0.5, 0.6) is 5.75 Å². The van der Waals surface area contributed by atoms with Crippen LogP contribution < -0.4 is 4.74 Å². The van der Waals surface area contributed by atoms with Crippen molar-refractivity contribution in [2.75, 3.05) is 13.7 Å². The summed E-state index contributed by atoms with van der Waals surface area (Å²) in [5, 5.41) is 9.27. The molecule has 2 rings (SSSR count). The van der Waals surface area contributed by atoms with Gasteiger partial charge in [-0.2, -0.15) is 0 Å². The van der Waals surface area contributed by atoms with E-state index in [1.54, 1.807) is 6.07 Å². The van der Waals surface area contributed by atoms with Gasteiger partial charge in [0.1, 0.15) is 0 Å². The molecule has 2 aromatic rings. The van der Waals surface area contributed by atoms with E-state index in [4.69, 9.17) is 4.74 Å². The number of aliphatic hydroxyl groups is 1. The van der Waals surface area contributed by atoms with E-state index in [0.717, 1.165) is 11.1 Å². The summed E-state index contributed by atoms with van der Waals surface area (Å²) in [6.07, 6.45) is 0.564. The maximum Gasteiger partial charge on any atom is 0.165 e. The van der Waals surface area contributed by atoms with Gasteiger partial charge in [-0.3, -0.25) is 0 Å². The monoisotopic (exact) mass is 274 g/mol. The van der Waals surface area contributed by atoms with Crippen LogP contribution in [0.25, 0.3) is 0 Å². The molecular formula is C17H19FO2. The fourth-order valence-corrected chi connectivity index (χ4v) is 2.35. The number of aliphatic hydroxyl groups excluding tert-OH is 1. The van der Waals surface area contributed by atoms with Crippen LogP contribution in [0.3, 0.4) is 0 Å². The third kappa shape index (κ3) is 3.17. The molecule has 3 heteroatoms. The molecule has 0 amide bonds. The van der Waals surface area contributed by atoms with Crippen molar-refractivity contribution >= 4 is 0 Å². The molecule has 0 bridgehead atoms. The van der Waals surface area contributed by atoms with E-state index >= 15 is 0 Å². The summed E-state index contributed by atoms with van der Waals surface area (Å²) in [6, 6.07) is 13.1. The second-order valence-electron chi connectivity index (χ2n) is 4.87. The van der Waals surface area contributed by atoms with E-state index in [-0.39, 0.29) is 24.1 Å². The third-order valence-electron chi connectivity index (χ3n) is 3.48. The van der Waals surface area contributed by atoms with Crippen LogP contribution in [-0.2, 0) is 0 Å². The van der Waals surface area contributed by atoms with E-state index < -0.39 is 0 Å². The Bertz CT molecular complexity index is 564. The third-order valence-corrected chi connectivity index (χ3v) is 3.48. The Morgan fingerprint density at radius 1 is 1.10 bits per heavy atom. The second kappa shape index (κ2) is 6.53. The number of ether oxygens (including phenoxy) is 1. The van der Waals surface area contributed by atoms with E-state index in [9.17, 15) is 9.50 Å². The maximum atomic E-state index is 13.8. The fraction of sp³-hybridized carbons (Fsp3) is 0.294. The number of methoxy groups -OCH3 is 1. The molecule has 1 unspecified atom stereocenters. The average molecular weight is 274 g/mol. The molecule has 0 heterocycles. The number of rotatable bonds is 5. The van der Waals surface area contributed by atoms with Crippen LogP contribution >= 0.6 is 0 Å². The van der Waals surface area contributed by atoms with E-state index in [2.05, 4.69) is 0 Å². The van der Waals surface area contributed by atoms with Crippen molar-refractivity contribution in [1.29, 1.82) is 0 Å². The Balaban J connectivity index is 2.37. The average Bonchev–Trinajstić information content (AvgIpc) is 2.46. The van der Waals surface area contributed by atoms with Crippen LogP contribution in [-0.4, -0.2) is 18.8 Å². The SMILES string of the molecule is COc1ccc(C(CCO)c2ccc(C)cc2)cc1F. The number of halogens is 1. The summed E-state index contributed by atoms with van der Waals surface area (Å²) in [7, 11) is 1.45. The number of hydrogen-bond donors (Lipinski definition) is 1. The summed E-state index contributed by atoms with van der Waals surface area (Å²) in [5.74, 6) is -0.151. The molecule has 0 aromatic heterocycles. The van der Waals surface area contributed by atoms with E-state index in [1.807, 2.05) is 37.3 Å².